The van der Waals surface area contributed by atoms with Crippen molar-refractivity contribution in [3.05, 3.63) is 24.3 Å². The fourth-order valence-electron chi connectivity index (χ4n) is 7.59. The number of aliphatic hydroxyl groups is 1. The van der Waals surface area contributed by atoms with E-state index in [1.54, 1.807) is 0 Å². The van der Waals surface area contributed by atoms with E-state index in [0.717, 1.165) is 90.3 Å². The highest BCUT2D eigenvalue weighted by Crippen LogP contribution is 2.19. The second kappa shape index (κ2) is 47.4. The van der Waals surface area contributed by atoms with Crippen molar-refractivity contribution in [3.63, 3.8) is 0 Å². The molecule has 0 rings (SSSR count). The summed E-state index contributed by atoms with van der Waals surface area (Å²) in [7, 11) is 4.15. The lowest BCUT2D eigenvalue weighted by Gasteiger charge is -2.24. The molecule has 2 atom stereocenters. The first-order chi connectivity index (χ1) is 28.9. The van der Waals surface area contributed by atoms with Gasteiger partial charge in [0.15, 0.2) is 0 Å². The Balaban J connectivity index is 3.94. The van der Waals surface area contributed by atoms with Crippen LogP contribution in [0, 0.1) is 5.92 Å². The van der Waals surface area contributed by atoms with Crippen molar-refractivity contribution in [3.8, 4) is 0 Å². The molecule has 7 nitrogen and oxygen atoms in total. The standard InChI is InChI=1S/C52H100N2O5/c1-5-7-9-11-13-15-17-19-21-23-25-27-29-31-35-42-51(56)58-46-38-33-34-41-50(55)49(48-53-44-45-54(3)4)40-37-39-47-59-52(57)43-36-32-30-28-26-24-22-20-18-16-14-12-10-8-6-2/h19-22,49-50,53,55H,5-18,23-48H2,1-4H3/b21-19-,22-20-. The van der Waals surface area contributed by atoms with Crippen LogP contribution < -0.4 is 5.32 Å². The molecule has 0 bridgehead atoms. The molecular formula is C52H100N2O5. The average Bonchev–Trinajstić information content (AvgIpc) is 3.22. The van der Waals surface area contributed by atoms with E-state index in [1.807, 2.05) is 0 Å². The van der Waals surface area contributed by atoms with Crippen molar-refractivity contribution in [2.75, 3.05) is 46.9 Å². The molecule has 59 heavy (non-hydrogen) atoms. The Kier molecular flexibility index (Phi) is 46.0. The number of hydrogen-bond donors (Lipinski definition) is 2. The lowest BCUT2D eigenvalue weighted by Crippen LogP contribution is -2.35. The number of nitrogens with one attached hydrogen (secondary N) is 1. The van der Waals surface area contributed by atoms with Crippen LogP contribution in [0.2, 0.25) is 0 Å². The SMILES string of the molecule is CCCCCCCC/C=C\CCCCCCCC(=O)OCCCCCC(O)C(CCCCOC(=O)CCCCCCC/C=C\CCCCCCCC)CNCCN(C)C. The highest BCUT2D eigenvalue weighted by Gasteiger charge is 2.19. The maximum Gasteiger partial charge on any atom is 0.305 e. The third-order valence-electron chi connectivity index (χ3n) is 11.6. The Labute approximate surface area is 367 Å². The molecule has 0 aliphatic carbocycles. The van der Waals surface area contributed by atoms with Crippen molar-refractivity contribution in [1.82, 2.24) is 10.2 Å². The number of unbranched alkanes of at least 4 members (excludes halogenated alkanes) is 25. The van der Waals surface area contributed by atoms with Gasteiger partial charge in [0.2, 0.25) is 0 Å². The lowest BCUT2D eigenvalue weighted by atomic mass is 9.92. The van der Waals surface area contributed by atoms with E-state index < -0.39 is 0 Å². The van der Waals surface area contributed by atoms with Gasteiger partial charge in [-0.3, -0.25) is 9.59 Å². The van der Waals surface area contributed by atoms with Gasteiger partial charge in [0.25, 0.3) is 0 Å². The Hall–Kier alpha value is -1.70. The zero-order valence-electron chi connectivity index (χ0n) is 39.8. The minimum Gasteiger partial charge on any atom is -0.466 e. The van der Waals surface area contributed by atoms with Crippen LogP contribution in [-0.2, 0) is 19.1 Å². The number of allylic oxidation sites excluding steroid dienone is 4. The van der Waals surface area contributed by atoms with E-state index in [4.69, 9.17) is 9.47 Å². The summed E-state index contributed by atoms with van der Waals surface area (Å²) in [4.78, 5) is 26.6. The van der Waals surface area contributed by atoms with Crippen LogP contribution in [0.15, 0.2) is 24.3 Å². The summed E-state index contributed by atoms with van der Waals surface area (Å²) < 4.78 is 11.0. The van der Waals surface area contributed by atoms with Gasteiger partial charge in [-0.15, -0.1) is 0 Å². The number of nitrogens with zero attached hydrogens (tertiary/aromatic N) is 1. The zero-order valence-corrected chi connectivity index (χ0v) is 39.8. The predicted molar refractivity (Wildman–Crippen MR) is 254 cm³/mol. The normalized spacial score (nSPS) is 12.9. The Morgan fingerprint density at radius 2 is 0.881 bits per heavy atom. The molecular weight excluding hydrogens is 733 g/mol. The maximum absolute atomic E-state index is 12.3. The van der Waals surface area contributed by atoms with Crippen LogP contribution in [0.25, 0.3) is 0 Å². The Bertz CT molecular complexity index is 938. The van der Waals surface area contributed by atoms with Gasteiger partial charge < -0.3 is 24.8 Å². The molecule has 0 radical (unpaired) electrons. The summed E-state index contributed by atoms with van der Waals surface area (Å²) in [6.45, 7) is 8.13. The van der Waals surface area contributed by atoms with E-state index in [2.05, 4.69) is 62.5 Å². The number of ether oxygens (including phenoxy) is 2. The van der Waals surface area contributed by atoms with E-state index in [9.17, 15) is 14.7 Å². The van der Waals surface area contributed by atoms with E-state index >= 15 is 0 Å². The third-order valence-corrected chi connectivity index (χ3v) is 11.6. The van der Waals surface area contributed by atoms with Crippen molar-refractivity contribution in [2.45, 2.75) is 245 Å². The molecule has 0 fully saturated rings. The topological polar surface area (TPSA) is 88.1 Å². The third kappa shape index (κ3) is 45.7. The van der Waals surface area contributed by atoms with Crippen LogP contribution in [0.5, 0.6) is 0 Å². The quantitative estimate of drug-likeness (QED) is 0.0359. The summed E-state index contributed by atoms with van der Waals surface area (Å²) in [6, 6.07) is 0. The molecule has 0 aromatic heterocycles. The lowest BCUT2D eigenvalue weighted by molar-refractivity contribution is -0.144. The van der Waals surface area contributed by atoms with E-state index in [1.165, 1.54) is 141 Å². The van der Waals surface area contributed by atoms with E-state index in [0.29, 0.717) is 26.1 Å². The smallest absolute Gasteiger partial charge is 0.305 e. The summed E-state index contributed by atoms with van der Waals surface area (Å²) in [6.07, 6.45) is 48.9. The van der Waals surface area contributed by atoms with Gasteiger partial charge in [0, 0.05) is 32.5 Å². The van der Waals surface area contributed by atoms with Gasteiger partial charge in [0.05, 0.1) is 19.3 Å². The number of hydrogen-bond acceptors (Lipinski definition) is 7. The fourth-order valence-corrected chi connectivity index (χ4v) is 7.59. The fraction of sp³-hybridized carbons (Fsp3) is 0.885. The molecule has 0 aromatic rings. The number of aliphatic hydroxyl groups excluding tert-OH is 1. The Morgan fingerprint density at radius 3 is 1.32 bits per heavy atom. The zero-order chi connectivity index (χ0) is 43.1. The van der Waals surface area contributed by atoms with Crippen LogP contribution in [0.4, 0.5) is 0 Å². The number of carbonyl (C=O) groups excluding carboxylic acids is 2. The minimum atomic E-state index is -0.366. The number of likely N-dealkylation sites (N-methyl/N-ethyl adjacent to an activating group) is 1. The Morgan fingerprint density at radius 1 is 0.508 bits per heavy atom. The van der Waals surface area contributed by atoms with Crippen molar-refractivity contribution >= 4 is 11.9 Å². The molecule has 7 heteroatoms. The molecule has 0 amide bonds. The van der Waals surface area contributed by atoms with Crippen LogP contribution in [0.1, 0.15) is 239 Å². The average molecular weight is 833 g/mol. The maximum atomic E-state index is 12.3. The molecule has 0 spiro atoms. The first kappa shape index (κ1) is 57.3. The van der Waals surface area contributed by atoms with Crippen molar-refractivity contribution in [2.24, 2.45) is 5.92 Å². The molecule has 2 N–H and O–H groups in total. The first-order valence-corrected chi connectivity index (χ1v) is 25.5. The van der Waals surface area contributed by atoms with E-state index in [-0.39, 0.29) is 24.0 Å². The predicted octanol–water partition coefficient (Wildman–Crippen LogP) is 14.0. The minimum absolute atomic E-state index is 0.0692. The number of carbonyl (C=O) groups is 2. The van der Waals surface area contributed by atoms with Gasteiger partial charge >= 0.3 is 11.9 Å². The number of esters is 2. The summed E-state index contributed by atoms with van der Waals surface area (Å²) in [5.74, 6) is 0.0337. The molecule has 0 heterocycles. The summed E-state index contributed by atoms with van der Waals surface area (Å²) in [5, 5.41) is 14.6. The molecule has 0 saturated heterocycles. The molecule has 348 valence electrons. The summed E-state index contributed by atoms with van der Waals surface area (Å²) >= 11 is 0. The molecule has 0 saturated carbocycles. The second-order valence-electron chi connectivity index (χ2n) is 17.8. The van der Waals surface area contributed by atoms with Gasteiger partial charge in [-0.2, -0.15) is 0 Å². The van der Waals surface area contributed by atoms with Gasteiger partial charge in [0.1, 0.15) is 0 Å². The molecule has 0 aromatic carbocycles. The number of rotatable bonds is 47. The first-order valence-electron chi connectivity index (χ1n) is 25.5. The van der Waals surface area contributed by atoms with Gasteiger partial charge in [-0.25, -0.2) is 0 Å². The highest BCUT2D eigenvalue weighted by molar-refractivity contribution is 5.69. The van der Waals surface area contributed by atoms with Crippen molar-refractivity contribution in [1.29, 1.82) is 0 Å². The van der Waals surface area contributed by atoms with Gasteiger partial charge in [-0.1, -0.05) is 147 Å². The summed E-state index contributed by atoms with van der Waals surface area (Å²) in [5.41, 5.74) is 0. The van der Waals surface area contributed by atoms with Crippen molar-refractivity contribution < 1.29 is 24.2 Å². The van der Waals surface area contributed by atoms with Gasteiger partial charge in [-0.05, 0) is 123 Å². The highest BCUT2D eigenvalue weighted by atomic mass is 16.5. The molecule has 2 unspecified atom stereocenters. The van der Waals surface area contributed by atoms with Crippen LogP contribution in [0.3, 0.4) is 0 Å². The molecule has 0 aliphatic heterocycles. The monoisotopic (exact) mass is 833 g/mol. The second-order valence-corrected chi connectivity index (χ2v) is 17.8. The van der Waals surface area contributed by atoms with Crippen LogP contribution >= 0.6 is 0 Å². The molecule has 0 aliphatic rings. The largest absolute Gasteiger partial charge is 0.466 e. The van der Waals surface area contributed by atoms with Crippen LogP contribution in [-0.4, -0.2) is 75.0 Å².